The molecule has 216 valence electrons. The van der Waals surface area contributed by atoms with Gasteiger partial charge < -0.3 is 33.5 Å². The van der Waals surface area contributed by atoms with Crippen LogP contribution in [0.25, 0.3) is 0 Å². The van der Waals surface area contributed by atoms with Gasteiger partial charge in [0.2, 0.25) is 12.4 Å². The molecular weight excluding hydrogens is 550 g/mol. The van der Waals surface area contributed by atoms with E-state index in [4.69, 9.17) is 28.4 Å². The number of Topliss-reactive ketones (excluding diaryl/α,β-unsaturated/α-hetero) is 1. The maximum absolute atomic E-state index is 12.7. The number of aromatic hydroxyl groups is 1. The predicted molar refractivity (Wildman–Crippen MR) is 136 cm³/mol. The average molecular weight is 580 g/mol. The molecule has 0 amide bonds. The lowest BCUT2D eigenvalue weighted by Crippen LogP contribution is -2.63. The number of benzene rings is 1. The number of carbonyl (C=O) groups excluding carboxylic acids is 5. The van der Waals surface area contributed by atoms with Crippen molar-refractivity contribution in [3.63, 3.8) is 0 Å². The topological polar surface area (TPSA) is 174 Å². The molecule has 0 spiro atoms. The van der Waals surface area contributed by atoms with Crippen molar-refractivity contribution in [1.29, 1.82) is 0 Å². The molecule has 1 aromatic heterocycles. The number of nitrogens with zero attached hydrogens (tertiary/aromatic N) is 1. The van der Waals surface area contributed by atoms with Gasteiger partial charge in [0.25, 0.3) is 0 Å². The standard InChI is InChI=1S/C26H29NO12S/c1-12-11-40-22(27-12)9-20(33)18-7-6-17(8-19(18)32)38-26-25(37-16(5)31)24(36-15(4)30)23(35-14(3)29)21(39-26)10-34-13(2)28/h6-8,11,21,23-26,32H,9-10H2,1-5H3/t21-,23-,24+,25-,26-/m1/s1. The second kappa shape index (κ2) is 13.3. The van der Waals surface area contributed by atoms with Crippen LogP contribution in [0.2, 0.25) is 0 Å². The van der Waals surface area contributed by atoms with E-state index in [0.29, 0.717) is 5.01 Å². The Bertz CT molecular complexity index is 1270. The first-order valence-electron chi connectivity index (χ1n) is 12.1. The Morgan fingerprint density at radius 3 is 2.10 bits per heavy atom. The number of phenolic OH excluding ortho intramolecular Hbond substituents is 1. The van der Waals surface area contributed by atoms with Crippen molar-refractivity contribution >= 4 is 41.0 Å². The van der Waals surface area contributed by atoms with Gasteiger partial charge in [-0.1, -0.05) is 0 Å². The fourth-order valence-corrected chi connectivity index (χ4v) is 4.73. The van der Waals surface area contributed by atoms with Crippen molar-refractivity contribution < 1.29 is 57.5 Å². The third kappa shape index (κ3) is 8.23. The largest absolute Gasteiger partial charge is 0.507 e. The highest BCUT2D eigenvalue weighted by Gasteiger charge is 2.53. The van der Waals surface area contributed by atoms with Crippen molar-refractivity contribution in [3.8, 4) is 11.5 Å². The van der Waals surface area contributed by atoms with Crippen LogP contribution in [-0.2, 0) is 49.3 Å². The molecule has 13 nitrogen and oxygen atoms in total. The van der Waals surface area contributed by atoms with Crippen molar-refractivity contribution in [3.05, 3.63) is 39.8 Å². The molecule has 1 aliphatic heterocycles. The highest BCUT2D eigenvalue weighted by molar-refractivity contribution is 7.09. The minimum Gasteiger partial charge on any atom is -0.507 e. The molecule has 1 aliphatic rings. The second-order valence-electron chi connectivity index (χ2n) is 8.85. The van der Waals surface area contributed by atoms with Crippen LogP contribution in [0.15, 0.2) is 23.6 Å². The molecule has 0 aliphatic carbocycles. The Hall–Kier alpha value is -4.04. The summed E-state index contributed by atoms with van der Waals surface area (Å²) in [6, 6.07) is 3.89. The molecule has 0 unspecified atom stereocenters. The van der Waals surface area contributed by atoms with E-state index in [-0.39, 0.29) is 29.3 Å². The smallest absolute Gasteiger partial charge is 0.303 e. The van der Waals surface area contributed by atoms with Crippen LogP contribution in [0, 0.1) is 6.92 Å². The highest BCUT2D eigenvalue weighted by atomic mass is 32.1. The third-order valence-corrected chi connectivity index (χ3v) is 6.42. The Morgan fingerprint density at radius 2 is 1.55 bits per heavy atom. The third-order valence-electron chi connectivity index (χ3n) is 5.45. The van der Waals surface area contributed by atoms with E-state index < -0.39 is 61.2 Å². The second-order valence-corrected chi connectivity index (χ2v) is 9.79. The summed E-state index contributed by atoms with van der Waals surface area (Å²) in [5.41, 5.74) is 0.812. The number of phenols is 1. The molecule has 1 aromatic carbocycles. The summed E-state index contributed by atoms with van der Waals surface area (Å²) in [7, 11) is 0. The summed E-state index contributed by atoms with van der Waals surface area (Å²) < 4.78 is 32.8. The van der Waals surface area contributed by atoms with Gasteiger partial charge in [0.1, 0.15) is 29.2 Å². The van der Waals surface area contributed by atoms with E-state index in [2.05, 4.69) is 4.98 Å². The Labute approximate surface area is 233 Å². The number of carbonyl (C=O) groups is 5. The summed E-state index contributed by atoms with van der Waals surface area (Å²) in [6.07, 6.45) is -6.90. The number of hydrogen-bond acceptors (Lipinski definition) is 14. The zero-order valence-electron chi connectivity index (χ0n) is 22.4. The fourth-order valence-electron chi connectivity index (χ4n) is 3.95. The first-order chi connectivity index (χ1) is 18.8. The van der Waals surface area contributed by atoms with E-state index in [0.717, 1.165) is 39.5 Å². The van der Waals surface area contributed by atoms with Crippen LogP contribution in [-0.4, -0.2) is 77.1 Å². The summed E-state index contributed by atoms with van der Waals surface area (Å²) in [4.78, 5) is 64.2. The molecule has 14 heteroatoms. The van der Waals surface area contributed by atoms with Gasteiger partial charge in [0, 0.05) is 44.8 Å². The van der Waals surface area contributed by atoms with Crippen LogP contribution in [0.5, 0.6) is 11.5 Å². The van der Waals surface area contributed by atoms with Crippen molar-refractivity contribution in [2.45, 2.75) is 71.7 Å². The summed E-state index contributed by atoms with van der Waals surface area (Å²) >= 11 is 1.33. The number of aryl methyl sites for hydroxylation is 1. The number of ketones is 1. The molecule has 0 bridgehead atoms. The van der Waals surface area contributed by atoms with Crippen LogP contribution >= 0.6 is 11.3 Å². The van der Waals surface area contributed by atoms with E-state index in [9.17, 15) is 29.1 Å². The maximum atomic E-state index is 12.7. The van der Waals surface area contributed by atoms with Gasteiger partial charge in [0.15, 0.2) is 18.0 Å². The SMILES string of the molecule is CC(=O)OC[C@H]1O[C@@H](Oc2ccc(C(=O)Cc3nc(C)cs3)c(O)c2)[C@H](OC(C)=O)[C@@H](OC(C)=O)[C@@H]1OC(C)=O. The zero-order chi connectivity index (χ0) is 29.6. The van der Waals surface area contributed by atoms with Gasteiger partial charge in [0.05, 0.1) is 12.0 Å². The van der Waals surface area contributed by atoms with Gasteiger partial charge in [-0.05, 0) is 19.1 Å². The number of rotatable bonds is 10. The number of thiazole rings is 1. The summed E-state index contributed by atoms with van der Waals surface area (Å²) in [5.74, 6) is -3.76. The van der Waals surface area contributed by atoms with Crippen molar-refractivity contribution in [2.24, 2.45) is 0 Å². The zero-order valence-corrected chi connectivity index (χ0v) is 23.2. The molecule has 3 rings (SSSR count). The van der Waals surface area contributed by atoms with Gasteiger partial charge in [-0.15, -0.1) is 11.3 Å². The fraction of sp³-hybridized carbons (Fsp3) is 0.462. The van der Waals surface area contributed by atoms with Crippen molar-refractivity contribution in [2.75, 3.05) is 6.61 Å². The summed E-state index contributed by atoms with van der Waals surface area (Å²) in [6.45, 7) is 5.85. The predicted octanol–water partition coefficient (Wildman–Crippen LogP) is 2.04. The lowest BCUT2D eigenvalue weighted by Gasteiger charge is -2.43. The number of aromatic nitrogens is 1. The minimum atomic E-state index is -1.49. The van der Waals surface area contributed by atoms with E-state index in [1.165, 1.54) is 23.5 Å². The van der Waals surface area contributed by atoms with Crippen LogP contribution in [0.1, 0.15) is 48.8 Å². The Balaban J connectivity index is 1.91. The van der Waals surface area contributed by atoms with Crippen LogP contribution in [0.3, 0.4) is 0 Å². The Morgan fingerprint density at radius 1 is 0.925 bits per heavy atom. The monoisotopic (exact) mass is 579 g/mol. The minimum absolute atomic E-state index is 0.0000395. The quantitative estimate of drug-likeness (QED) is 0.246. The van der Waals surface area contributed by atoms with Crippen LogP contribution in [0.4, 0.5) is 0 Å². The molecule has 2 heterocycles. The average Bonchev–Trinajstić information content (AvgIpc) is 3.25. The lowest BCUT2D eigenvalue weighted by atomic mass is 9.98. The van der Waals surface area contributed by atoms with E-state index in [1.807, 2.05) is 12.3 Å². The molecule has 2 aromatic rings. The normalized spacial score (nSPS) is 22.1. The van der Waals surface area contributed by atoms with Crippen LogP contribution < -0.4 is 4.74 Å². The number of esters is 4. The maximum Gasteiger partial charge on any atom is 0.303 e. The highest BCUT2D eigenvalue weighted by Crippen LogP contribution is 2.33. The molecule has 0 saturated carbocycles. The summed E-state index contributed by atoms with van der Waals surface area (Å²) in [5, 5.41) is 13.0. The Kier molecular flexibility index (Phi) is 10.2. The van der Waals surface area contributed by atoms with Gasteiger partial charge in [-0.2, -0.15) is 0 Å². The van der Waals surface area contributed by atoms with Gasteiger partial charge in [-0.25, -0.2) is 4.98 Å². The van der Waals surface area contributed by atoms with E-state index in [1.54, 1.807) is 0 Å². The number of hydrogen-bond donors (Lipinski definition) is 1. The molecule has 1 N–H and O–H groups in total. The molecule has 1 saturated heterocycles. The molecule has 0 radical (unpaired) electrons. The van der Waals surface area contributed by atoms with Gasteiger partial charge >= 0.3 is 23.9 Å². The first-order valence-corrected chi connectivity index (χ1v) is 13.0. The molecule has 5 atom stereocenters. The number of ether oxygens (including phenoxy) is 6. The molecule has 40 heavy (non-hydrogen) atoms. The molecular formula is C26H29NO12S. The van der Waals surface area contributed by atoms with E-state index >= 15 is 0 Å². The van der Waals surface area contributed by atoms with Gasteiger partial charge in [-0.3, -0.25) is 24.0 Å². The first kappa shape index (κ1) is 30.5. The lowest BCUT2D eigenvalue weighted by molar-refractivity contribution is -0.288. The van der Waals surface area contributed by atoms with Crippen molar-refractivity contribution in [1.82, 2.24) is 4.98 Å². The molecule has 1 fully saturated rings.